The number of fused-ring (bicyclic) bond motifs is 1. The number of nitrogens with two attached hydrogens (primary N) is 1. The molecule has 1 aliphatic carbocycles. The fraction of sp³-hybridized carbons (Fsp3) is 0.542. The van der Waals surface area contributed by atoms with E-state index in [1.807, 2.05) is 20.8 Å². The molecule has 71 heavy (non-hydrogen) atoms. The maximum Gasteiger partial charge on any atom is 0.410 e. The molecule has 1 saturated carbocycles. The van der Waals surface area contributed by atoms with Crippen LogP contribution in [0.4, 0.5) is 30.8 Å². The zero-order valence-corrected chi connectivity index (χ0v) is 40.4. The first-order valence-electron chi connectivity index (χ1n) is 24.2. The molecule has 5 aromatic rings. The molecule has 5 aliphatic rings. The van der Waals surface area contributed by atoms with Crippen LogP contribution < -0.4 is 26.0 Å². The lowest BCUT2D eigenvalue weighted by Crippen LogP contribution is -2.59. The molecule has 0 spiro atoms. The monoisotopic (exact) mass is 980 g/mol. The zero-order chi connectivity index (χ0) is 49.9. The Labute approximate surface area is 407 Å². The number of nitrogen functional groups attached to an aromatic ring is 1. The SMILES string of the molecule is CC(C)(C1CCN(C(=O)COC(=O)N2CC(Oc3cnc(-c4c(-c5nn(C(C)(C)C)c6ncnc(N)c56)noc4C4CC4)nc3)C2)CC1)N1CCN(c2c(F)cc(N[C@@H]3CCC(=O)NC3=O)cc2F)CC1. The van der Waals surface area contributed by atoms with Crippen LogP contribution in [0.5, 0.6) is 5.75 Å². The number of benzene rings is 1. The summed E-state index contributed by atoms with van der Waals surface area (Å²) in [6.45, 7) is 13.6. The van der Waals surface area contributed by atoms with Crippen LogP contribution in [0.3, 0.4) is 0 Å². The summed E-state index contributed by atoms with van der Waals surface area (Å²) >= 11 is 0. The molecule has 5 fully saturated rings. The number of imide groups is 1. The summed E-state index contributed by atoms with van der Waals surface area (Å²) in [4.78, 5) is 75.1. The van der Waals surface area contributed by atoms with Gasteiger partial charge in [-0.25, -0.2) is 38.2 Å². The lowest BCUT2D eigenvalue weighted by atomic mass is 9.78. The maximum absolute atomic E-state index is 15.4. The number of hydrogen-bond acceptors (Lipinski definition) is 17. The number of likely N-dealkylation sites (tertiary alicyclic amines) is 2. The average molecular weight is 981 g/mol. The van der Waals surface area contributed by atoms with Crippen LogP contribution in [0.25, 0.3) is 33.8 Å². The predicted molar refractivity (Wildman–Crippen MR) is 254 cm³/mol. The van der Waals surface area contributed by atoms with Crippen molar-refractivity contribution < 1.29 is 42.0 Å². The van der Waals surface area contributed by atoms with Gasteiger partial charge in [0.25, 0.3) is 5.91 Å². The van der Waals surface area contributed by atoms with Crippen LogP contribution in [0, 0.1) is 17.6 Å². The topological polar surface area (TPSA) is 245 Å². The van der Waals surface area contributed by atoms with Gasteiger partial charge >= 0.3 is 6.09 Å². The van der Waals surface area contributed by atoms with Crippen molar-refractivity contribution in [2.24, 2.45) is 5.92 Å². The molecule has 10 rings (SSSR count). The Morgan fingerprint density at radius 1 is 0.887 bits per heavy atom. The van der Waals surface area contributed by atoms with E-state index < -0.39 is 35.2 Å². The summed E-state index contributed by atoms with van der Waals surface area (Å²) in [5.41, 5.74) is 7.87. The lowest BCUT2D eigenvalue weighted by Gasteiger charge is -2.50. The highest BCUT2D eigenvalue weighted by atomic mass is 19.1. The van der Waals surface area contributed by atoms with Crippen molar-refractivity contribution in [2.75, 3.05) is 74.9 Å². The normalized spacial score (nSPS) is 19.8. The van der Waals surface area contributed by atoms with Gasteiger partial charge in [0.1, 0.15) is 41.4 Å². The predicted octanol–water partition coefficient (Wildman–Crippen LogP) is 4.69. The second-order valence-corrected chi connectivity index (χ2v) is 20.6. The molecular weight excluding hydrogens is 923 g/mol. The summed E-state index contributed by atoms with van der Waals surface area (Å²) in [5.74, 6) is -0.423. The summed E-state index contributed by atoms with van der Waals surface area (Å²) < 4.78 is 50.0. The third kappa shape index (κ3) is 9.50. The molecule has 0 unspecified atom stereocenters. The number of piperidine rings is 2. The van der Waals surface area contributed by atoms with Gasteiger partial charge in [-0.2, -0.15) is 5.10 Å². The van der Waals surface area contributed by atoms with Crippen molar-refractivity contribution in [3.05, 3.63) is 48.2 Å². The van der Waals surface area contributed by atoms with Crippen molar-refractivity contribution in [1.29, 1.82) is 0 Å². The fourth-order valence-electron chi connectivity index (χ4n) is 10.2. The Kier molecular flexibility index (Phi) is 12.5. The molecule has 4 aliphatic heterocycles. The van der Waals surface area contributed by atoms with Gasteiger partial charge in [0.2, 0.25) is 11.8 Å². The number of rotatable bonds is 12. The molecule has 21 nitrogen and oxygen atoms in total. The highest BCUT2D eigenvalue weighted by molar-refractivity contribution is 6.02. The van der Waals surface area contributed by atoms with Gasteiger partial charge in [0, 0.05) is 62.8 Å². The van der Waals surface area contributed by atoms with Crippen LogP contribution in [0.2, 0.25) is 0 Å². The highest BCUT2D eigenvalue weighted by Gasteiger charge is 2.41. The number of carbonyl (C=O) groups is 4. The number of piperazine rings is 1. The quantitative estimate of drug-likeness (QED) is 0.144. The first-order chi connectivity index (χ1) is 33.9. The minimum absolute atomic E-state index is 0.107. The molecule has 23 heteroatoms. The number of halogens is 2. The molecule has 4 N–H and O–H groups in total. The van der Waals surface area contributed by atoms with Crippen LogP contribution in [0.1, 0.15) is 84.8 Å². The number of ether oxygens (including phenoxy) is 2. The largest absolute Gasteiger partial charge is 0.483 e. The molecule has 0 bridgehead atoms. The van der Waals surface area contributed by atoms with Crippen LogP contribution in [-0.2, 0) is 24.7 Å². The summed E-state index contributed by atoms with van der Waals surface area (Å²) in [7, 11) is 0. The number of carbonyl (C=O) groups excluding carboxylic acids is 4. The van der Waals surface area contributed by atoms with Crippen molar-refractivity contribution in [2.45, 2.75) is 102 Å². The van der Waals surface area contributed by atoms with E-state index in [9.17, 15) is 19.2 Å². The Hall–Kier alpha value is -7.04. The van der Waals surface area contributed by atoms with Crippen molar-refractivity contribution in [3.63, 3.8) is 0 Å². The Morgan fingerprint density at radius 3 is 2.23 bits per heavy atom. The van der Waals surface area contributed by atoms with Gasteiger partial charge in [-0.3, -0.25) is 24.6 Å². The van der Waals surface area contributed by atoms with Crippen molar-refractivity contribution in [3.8, 4) is 28.5 Å². The minimum Gasteiger partial charge on any atom is -0.483 e. The van der Waals surface area contributed by atoms with Gasteiger partial charge in [-0.1, -0.05) is 5.16 Å². The van der Waals surface area contributed by atoms with E-state index in [0.29, 0.717) is 84.6 Å². The number of aromatic nitrogens is 7. The molecule has 4 amide bonds. The average Bonchev–Trinajstić information content (AvgIpc) is 3.94. The van der Waals surface area contributed by atoms with Crippen LogP contribution in [-0.4, -0.2) is 150 Å². The molecule has 0 radical (unpaired) electrons. The number of amides is 4. The van der Waals surface area contributed by atoms with E-state index in [-0.39, 0.29) is 85.0 Å². The summed E-state index contributed by atoms with van der Waals surface area (Å²) in [6.07, 6.45) is 7.42. The van der Waals surface area contributed by atoms with Gasteiger partial charge in [0.05, 0.1) is 42.0 Å². The number of hydrogen-bond donors (Lipinski definition) is 3. The van der Waals surface area contributed by atoms with E-state index in [1.54, 1.807) is 26.9 Å². The van der Waals surface area contributed by atoms with Crippen molar-refractivity contribution >= 4 is 52.0 Å². The third-order valence-electron chi connectivity index (χ3n) is 14.5. The van der Waals surface area contributed by atoms with E-state index in [2.05, 4.69) is 54.5 Å². The highest BCUT2D eigenvalue weighted by Crippen LogP contribution is 2.48. The molecule has 376 valence electrons. The molecule has 8 heterocycles. The smallest absolute Gasteiger partial charge is 0.410 e. The molecule has 1 aromatic carbocycles. The van der Waals surface area contributed by atoms with Gasteiger partial charge in [0.15, 0.2) is 41.2 Å². The Balaban J connectivity index is 0.671. The summed E-state index contributed by atoms with van der Waals surface area (Å²) in [6, 6.07) is 1.62. The second-order valence-electron chi connectivity index (χ2n) is 20.6. The molecule has 4 aromatic heterocycles. The summed E-state index contributed by atoms with van der Waals surface area (Å²) in [5, 5.41) is 15.0. The number of nitrogens with one attached hydrogen (secondary N) is 2. The van der Waals surface area contributed by atoms with E-state index >= 15 is 8.78 Å². The van der Waals surface area contributed by atoms with E-state index in [4.69, 9.17) is 24.8 Å². The number of anilines is 3. The van der Waals surface area contributed by atoms with Crippen LogP contribution in [0.15, 0.2) is 35.4 Å². The molecule has 1 atom stereocenters. The molecular formula is C48H58F2N14O7. The van der Waals surface area contributed by atoms with Crippen LogP contribution >= 0.6 is 0 Å². The first-order valence-corrected chi connectivity index (χ1v) is 24.2. The third-order valence-corrected chi connectivity index (χ3v) is 14.5. The van der Waals surface area contributed by atoms with E-state index in [0.717, 1.165) is 25.7 Å². The zero-order valence-electron chi connectivity index (χ0n) is 40.4. The van der Waals surface area contributed by atoms with Crippen molar-refractivity contribution in [1.82, 2.24) is 54.9 Å². The van der Waals surface area contributed by atoms with E-state index in [1.165, 1.54) is 23.4 Å². The molecule has 4 saturated heterocycles. The first kappa shape index (κ1) is 47.6. The van der Waals surface area contributed by atoms with Gasteiger partial charge in [-0.15, -0.1) is 0 Å². The minimum atomic E-state index is -0.755. The fourth-order valence-corrected chi connectivity index (χ4v) is 10.2. The second kappa shape index (κ2) is 18.6. The maximum atomic E-state index is 15.4. The number of nitrogens with zero attached hydrogens (tertiary/aromatic N) is 11. The Morgan fingerprint density at radius 2 is 1.58 bits per heavy atom. The van der Waals surface area contributed by atoms with Gasteiger partial charge < -0.3 is 39.7 Å². The van der Waals surface area contributed by atoms with Gasteiger partial charge in [-0.05, 0) is 84.8 Å². The lowest BCUT2D eigenvalue weighted by molar-refractivity contribution is -0.137. The standard InChI is InChI=1S/C48H58F2N14O7/c1-47(2,3)64-44-37(42(51)54-25-55-44)38(58-64)39-36(41(71-59-39)26-6-7-26)43-52-20-29(21-53-43)70-30-22-62(23-30)46(68)69-24-35(66)60-12-10-27(11-13-60)48(4,5)63-16-14-61(15-17-63)40-31(49)18-28(19-32(40)50)56-33-8-9-34(65)57-45(33)67/h18-21,25-27,30,33,56H,6-17,22-24H2,1-5H3,(H2,51,54,55)(H,57,65,67)/t33-/m1/s1. The Bertz CT molecular complexity index is 2840.